The number of morpholine rings is 1. The zero-order chi connectivity index (χ0) is 9.10. The minimum Gasteiger partial charge on any atom is -0.374 e. The van der Waals surface area contributed by atoms with Crippen LogP contribution in [0.5, 0.6) is 0 Å². The maximum Gasteiger partial charge on any atom is 0.0826 e. The zero-order valence-electron chi connectivity index (χ0n) is 8.46. The van der Waals surface area contributed by atoms with E-state index in [0.717, 1.165) is 32.2 Å². The third-order valence-corrected chi connectivity index (χ3v) is 2.79. The van der Waals surface area contributed by atoms with Gasteiger partial charge in [0.25, 0.3) is 0 Å². The summed E-state index contributed by atoms with van der Waals surface area (Å²) in [5.41, 5.74) is 0. The Labute approximate surface area is 80.4 Å². The molecule has 0 amide bonds. The molecule has 0 aromatic heterocycles. The molecule has 2 aliphatic rings. The summed E-state index contributed by atoms with van der Waals surface area (Å²) in [5, 5.41) is 3.36. The fourth-order valence-corrected chi connectivity index (χ4v) is 1.90. The van der Waals surface area contributed by atoms with Crippen LogP contribution >= 0.6 is 0 Å². The van der Waals surface area contributed by atoms with E-state index < -0.39 is 0 Å². The van der Waals surface area contributed by atoms with Crippen molar-refractivity contribution in [2.24, 2.45) is 5.92 Å². The smallest absolute Gasteiger partial charge is 0.0826 e. The first-order valence-electron chi connectivity index (χ1n) is 5.35. The second-order valence-corrected chi connectivity index (χ2v) is 4.36. The number of hydrogen-bond donors (Lipinski definition) is 1. The number of hydrogen-bond acceptors (Lipinski definition) is 3. The van der Waals surface area contributed by atoms with Crippen LogP contribution in [-0.4, -0.2) is 50.8 Å². The highest BCUT2D eigenvalue weighted by Crippen LogP contribution is 2.29. The van der Waals surface area contributed by atoms with Crippen LogP contribution in [-0.2, 0) is 4.74 Å². The Morgan fingerprint density at radius 3 is 2.85 bits per heavy atom. The van der Waals surface area contributed by atoms with E-state index in [4.69, 9.17) is 4.74 Å². The summed E-state index contributed by atoms with van der Waals surface area (Å²) >= 11 is 0. The van der Waals surface area contributed by atoms with Gasteiger partial charge < -0.3 is 15.0 Å². The maximum absolute atomic E-state index is 5.65. The lowest BCUT2D eigenvalue weighted by Gasteiger charge is -2.27. The van der Waals surface area contributed by atoms with Crippen LogP contribution in [0.4, 0.5) is 0 Å². The third kappa shape index (κ3) is 3.25. The molecule has 0 aromatic rings. The fraction of sp³-hybridized carbons (Fsp3) is 1.00. The molecule has 1 aliphatic heterocycles. The minimum atomic E-state index is 0.414. The standard InChI is InChI=1S/C10H20N2O/c1-12(7-9-2-3-9)8-10-6-11-4-5-13-10/h9-11H,2-8H2,1H3. The van der Waals surface area contributed by atoms with E-state index in [0.29, 0.717) is 6.10 Å². The van der Waals surface area contributed by atoms with E-state index >= 15 is 0 Å². The van der Waals surface area contributed by atoms with E-state index in [2.05, 4.69) is 17.3 Å². The molecule has 13 heavy (non-hydrogen) atoms. The highest BCUT2D eigenvalue weighted by molar-refractivity contribution is 4.78. The summed E-state index contributed by atoms with van der Waals surface area (Å²) in [5.74, 6) is 0.988. The number of nitrogens with zero attached hydrogens (tertiary/aromatic N) is 1. The predicted octanol–water partition coefficient (Wildman–Crippen LogP) is 0.317. The van der Waals surface area contributed by atoms with Crippen molar-refractivity contribution in [1.29, 1.82) is 0 Å². The molecule has 1 saturated heterocycles. The highest BCUT2D eigenvalue weighted by Gasteiger charge is 2.24. The second kappa shape index (κ2) is 4.40. The molecule has 0 bridgehead atoms. The van der Waals surface area contributed by atoms with Crippen molar-refractivity contribution in [3.63, 3.8) is 0 Å². The van der Waals surface area contributed by atoms with Gasteiger partial charge in [-0.2, -0.15) is 0 Å². The summed E-state index contributed by atoms with van der Waals surface area (Å²) < 4.78 is 5.65. The Hall–Kier alpha value is -0.120. The lowest BCUT2D eigenvalue weighted by molar-refractivity contribution is 0.00945. The van der Waals surface area contributed by atoms with Crippen LogP contribution in [0, 0.1) is 5.92 Å². The average Bonchev–Trinajstić information content (AvgIpc) is 2.90. The Balaban J connectivity index is 1.62. The van der Waals surface area contributed by atoms with Crippen LogP contribution in [0.1, 0.15) is 12.8 Å². The Kier molecular flexibility index (Phi) is 3.19. The SMILES string of the molecule is CN(CC1CC1)CC1CNCCO1. The van der Waals surface area contributed by atoms with Gasteiger partial charge in [-0.3, -0.25) is 0 Å². The first-order valence-corrected chi connectivity index (χ1v) is 5.35. The number of rotatable bonds is 4. The Morgan fingerprint density at radius 1 is 1.38 bits per heavy atom. The van der Waals surface area contributed by atoms with Gasteiger partial charge in [-0.15, -0.1) is 0 Å². The molecule has 1 aliphatic carbocycles. The monoisotopic (exact) mass is 184 g/mol. The quantitative estimate of drug-likeness (QED) is 0.681. The summed E-state index contributed by atoms with van der Waals surface area (Å²) in [6.45, 7) is 5.27. The second-order valence-electron chi connectivity index (χ2n) is 4.36. The summed E-state index contributed by atoms with van der Waals surface area (Å²) in [7, 11) is 2.20. The van der Waals surface area contributed by atoms with E-state index in [-0.39, 0.29) is 0 Å². The van der Waals surface area contributed by atoms with Crippen molar-refractivity contribution in [3.05, 3.63) is 0 Å². The van der Waals surface area contributed by atoms with Crippen molar-refractivity contribution in [1.82, 2.24) is 10.2 Å². The van der Waals surface area contributed by atoms with Crippen LogP contribution < -0.4 is 5.32 Å². The van der Waals surface area contributed by atoms with Crippen molar-refractivity contribution < 1.29 is 4.74 Å². The van der Waals surface area contributed by atoms with Crippen LogP contribution in [0.25, 0.3) is 0 Å². The molecule has 1 atom stereocenters. The molecule has 0 aromatic carbocycles. The van der Waals surface area contributed by atoms with Crippen molar-refractivity contribution in [2.75, 3.05) is 39.8 Å². The van der Waals surface area contributed by atoms with Crippen molar-refractivity contribution in [2.45, 2.75) is 18.9 Å². The number of ether oxygens (including phenoxy) is 1. The molecule has 1 unspecified atom stereocenters. The molecule has 3 heteroatoms. The van der Waals surface area contributed by atoms with Gasteiger partial charge in [-0.25, -0.2) is 0 Å². The largest absolute Gasteiger partial charge is 0.374 e. The first kappa shape index (κ1) is 9.44. The predicted molar refractivity (Wildman–Crippen MR) is 52.8 cm³/mol. The zero-order valence-corrected chi connectivity index (χ0v) is 8.46. The Bertz CT molecular complexity index is 153. The lowest BCUT2D eigenvalue weighted by atomic mass is 10.2. The molecule has 2 rings (SSSR count). The van der Waals surface area contributed by atoms with Gasteiger partial charge in [0.2, 0.25) is 0 Å². The first-order chi connectivity index (χ1) is 6.34. The van der Waals surface area contributed by atoms with E-state index in [1.165, 1.54) is 19.4 Å². The molecule has 1 heterocycles. The molecule has 0 spiro atoms. The van der Waals surface area contributed by atoms with Crippen LogP contribution in [0.2, 0.25) is 0 Å². The van der Waals surface area contributed by atoms with Crippen LogP contribution in [0.15, 0.2) is 0 Å². The summed E-state index contributed by atoms with van der Waals surface area (Å²) in [6, 6.07) is 0. The molecule has 2 fully saturated rings. The molecule has 76 valence electrons. The molecule has 3 nitrogen and oxygen atoms in total. The molecule has 1 saturated carbocycles. The normalized spacial score (nSPS) is 29.5. The van der Waals surface area contributed by atoms with Gasteiger partial charge >= 0.3 is 0 Å². The third-order valence-electron chi connectivity index (χ3n) is 2.79. The van der Waals surface area contributed by atoms with Crippen molar-refractivity contribution in [3.8, 4) is 0 Å². The number of likely N-dealkylation sites (N-methyl/N-ethyl adjacent to an activating group) is 1. The van der Waals surface area contributed by atoms with Crippen LogP contribution in [0.3, 0.4) is 0 Å². The average molecular weight is 184 g/mol. The van der Waals surface area contributed by atoms with E-state index in [1.807, 2.05) is 0 Å². The summed E-state index contributed by atoms with van der Waals surface area (Å²) in [6.07, 6.45) is 3.29. The van der Waals surface area contributed by atoms with Gasteiger partial charge in [0.1, 0.15) is 0 Å². The highest BCUT2D eigenvalue weighted by atomic mass is 16.5. The molecular formula is C10H20N2O. The fourth-order valence-electron chi connectivity index (χ4n) is 1.90. The number of nitrogens with one attached hydrogen (secondary N) is 1. The molecular weight excluding hydrogens is 164 g/mol. The van der Waals surface area contributed by atoms with E-state index in [9.17, 15) is 0 Å². The molecule has 1 N–H and O–H groups in total. The van der Waals surface area contributed by atoms with Gasteiger partial charge in [0.15, 0.2) is 0 Å². The minimum absolute atomic E-state index is 0.414. The van der Waals surface area contributed by atoms with Gasteiger partial charge in [0, 0.05) is 26.2 Å². The summed E-state index contributed by atoms with van der Waals surface area (Å²) in [4.78, 5) is 2.41. The Morgan fingerprint density at radius 2 is 2.23 bits per heavy atom. The topological polar surface area (TPSA) is 24.5 Å². The van der Waals surface area contributed by atoms with Gasteiger partial charge in [0.05, 0.1) is 12.7 Å². The van der Waals surface area contributed by atoms with Gasteiger partial charge in [-0.05, 0) is 25.8 Å². The maximum atomic E-state index is 5.65. The lowest BCUT2D eigenvalue weighted by Crippen LogP contribution is -2.44. The van der Waals surface area contributed by atoms with E-state index in [1.54, 1.807) is 0 Å². The van der Waals surface area contributed by atoms with Crippen molar-refractivity contribution >= 4 is 0 Å². The van der Waals surface area contributed by atoms with Gasteiger partial charge in [-0.1, -0.05) is 0 Å². The molecule has 0 radical (unpaired) electrons.